The van der Waals surface area contributed by atoms with Gasteiger partial charge in [0.15, 0.2) is 0 Å². The summed E-state index contributed by atoms with van der Waals surface area (Å²) in [6, 6.07) is 55.8. The molecule has 0 saturated carbocycles. The van der Waals surface area contributed by atoms with Gasteiger partial charge in [-0.05, 0) is 171 Å². The Kier molecular flexibility index (Phi) is 17.4. The normalized spacial score (nSPS) is 14.4. The second-order valence-corrected chi connectivity index (χ2v) is 23.4. The maximum Gasteiger partial charge on any atom is 0.123 e. The van der Waals surface area contributed by atoms with E-state index in [1.165, 1.54) is 80.5 Å². The highest BCUT2D eigenvalue weighted by Crippen LogP contribution is 2.34. The SMILES string of the molecule is CN1CCc2c(c3cc(F)ccc3n2C#Cc2ccccc2)C1.CN1CCc2c(c3cc(F)ccc3n2C#Cc2ccccn2)C1.CN1CCc2c(c3cc(F)ccc3n2C#Cc2cccnc2)C1.CN1CCc2c(c3ccccc3n2C#Cc2cncnc2)C1. The Bertz CT molecular complexity index is 4550. The summed E-state index contributed by atoms with van der Waals surface area (Å²) in [5.74, 6) is 12.1. The molecule has 0 amide bonds. The van der Waals surface area contributed by atoms with Gasteiger partial charge in [-0.1, -0.05) is 42.5 Å². The summed E-state index contributed by atoms with van der Waals surface area (Å²) in [5, 5.41) is 4.21. The zero-order valence-electron chi connectivity index (χ0n) is 51.2. The third kappa shape index (κ3) is 13.0. The molecule has 12 aromatic rings. The van der Waals surface area contributed by atoms with Crippen molar-refractivity contribution in [3.8, 4) is 47.9 Å². The quantitative estimate of drug-likeness (QED) is 0.139. The molecule has 7 aromatic heterocycles. The molecule has 0 atom stereocenters. The summed E-state index contributed by atoms with van der Waals surface area (Å²) in [6.45, 7) is 7.52. The molecule has 450 valence electrons. The van der Waals surface area contributed by atoms with Gasteiger partial charge in [0.2, 0.25) is 0 Å². The van der Waals surface area contributed by atoms with Crippen molar-refractivity contribution < 1.29 is 13.2 Å². The van der Waals surface area contributed by atoms with Crippen molar-refractivity contribution in [3.05, 3.63) is 262 Å². The molecular weight excluding hydrogens is 1140 g/mol. The first kappa shape index (κ1) is 59.5. The Labute approximate surface area is 527 Å². The molecule has 0 bridgehead atoms. The highest BCUT2D eigenvalue weighted by molar-refractivity contribution is 5.90. The van der Waals surface area contributed by atoms with Gasteiger partial charge in [-0.15, -0.1) is 0 Å². The van der Waals surface area contributed by atoms with Crippen LogP contribution in [0.15, 0.2) is 177 Å². The van der Waals surface area contributed by atoms with Crippen molar-refractivity contribution in [3.63, 3.8) is 0 Å². The number of fused-ring (bicyclic) bond motifs is 12. The molecule has 0 radical (unpaired) electrons. The monoisotopic (exact) mass is 1200 g/mol. The summed E-state index contributed by atoms with van der Waals surface area (Å²) in [7, 11) is 8.45. The van der Waals surface area contributed by atoms with Crippen LogP contribution in [0.4, 0.5) is 13.2 Å². The van der Waals surface area contributed by atoms with Crippen LogP contribution < -0.4 is 0 Å². The standard InChI is InChI=1S/C20H17FN2.2C19H16FN3.C18H16N4/c1-22-11-10-20-18(14-22)17-13-16(21)7-8-19(17)23(20)12-9-15-5-3-2-4-6-15;1-22-9-7-19-17(13-22)16-11-15(20)4-5-18(16)23(19)10-6-14-3-2-8-21-12-14;1-22-10-8-19-17(13-22)16-12-14(20)5-6-18(16)23(19)11-7-15-4-2-3-9-21-15;1-21-8-7-18-16(12-21)15-4-2-3-5-17(15)22(18)9-6-14-10-19-13-20-11-14/h2-8,13H,10-11,14H2,1H3;2-5,8,11-12H,7,9,13H2,1H3;2-6,9,12H,8,10,13H2,1H3;2-5,10-11,13H,7-8,12H2,1H3. The molecule has 91 heavy (non-hydrogen) atoms. The van der Waals surface area contributed by atoms with E-state index < -0.39 is 0 Å². The fourth-order valence-corrected chi connectivity index (χ4v) is 12.6. The molecule has 0 N–H and O–H groups in total. The first-order valence-electron chi connectivity index (χ1n) is 30.5. The van der Waals surface area contributed by atoms with Crippen LogP contribution >= 0.6 is 0 Å². The number of aromatic nitrogens is 8. The van der Waals surface area contributed by atoms with E-state index in [0.717, 1.165) is 133 Å². The summed E-state index contributed by atoms with van der Waals surface area (Å²) >= 11 is 0. The van der Waals surface area contributed by atoms with Gasteiger partial charge in [0.05, 0.1) is 27.6 Å². The molecule has 15 heteroatoms. The molecule has 0 spiro atoms. The molecule has 11 heterocycles. The van der Waals surface area contributed by atoms with Gasteiger partial charge in [-0.3, -0.25) is 23.3 Å². The summed E-state index contributed by atoms with van der Waals surface area (Å²) < 4.78 is 49.3. The van der Waals surface area contributed by atoms with Gasteiger partial charge >= 0.3 is 0 Å². The minimum atomic E-state index is -0.205. The van der Waals surface area contributed by atoms with Gasteiger partial charge in [0.1, 0.15) is 29.5 Å². The van der Waals surface area contributed by atoms with Gasteiger partial charge in [0, 0.05) is 189 Å². The smallest absolute Gasteiger partial charge is 0.123 e. The van der Waals surface area contributed by atoms with E-state index in [9.17, 15) is 13.2 Å². The Morgan fingerprint density at radius 2 is 0.747 bits per heavy atom. The van der Waals surface area contributed by atoms with Crippen molar-refractivity contribution in [2.75, 3.05) is 54.4 Å². The third-order valence-corrected chi connectivity index (χ3v) is 17.0. The Morgan fingerprint density at radius 1 is 0.352 bits per heavy atom. The Hall–Kier alpha value is -10.5. The van der Waals surface area contributed by atoms with E-state index in [2.05, 4.69) is 144 Å². The molecule has 0 unspecified atom stereocenters. The zero-order chi connectivity index (χ0) is 62.4. The van der Waals surface area contributed by atoms with E-state index in [0.29, 0.717) is 0 Å². The van der Waals surface area contributed by atoms with Gasteiger partial charge < -0.3 is 19.6 Å². The van der Waals surface area contributed by atoms with Crippen LogP contribution in [-0.2, 0) is 51.9 Å². The van der Waals surface area contributed by atoms with Crippen LogP contribution in [0.1, 0.15) is 67.4 Å². The summed E-state index contributed by atoms with van der Waals surface area (Å²) in [5.41, 5.74) is 17.5. The number of likely N-dealkylation sites (N-methyl/N-ethyl adjacent to an activating group) is 4. The Balaban J connectivity index is 0.000000111. The number of para-hydroxylation sites is 1. The fraction of sp³-hybridized carbons (Fsp3) is 0.211. The van der Waals surface area contributed by atoms with Crippen LogP contribution in [0.5, 0.6) is 0 Å². The first-order chi connectivity index (χ1) is 44.5. The predicted molar refractivity (Wildman–Crippen MR) is 354 cm³/mol. The molecule has 0 saturated heterocycles. The minimum absolute atomic E-state index is 0.193. The molecule has 5 aromatic carbocycles. The molecule has 4 aliphatic rings. The van der Waals surface area contributed by atoms with Crippen molar-refractivity contribution in [1.82, 2.24) is 57.8 Å². The highest BCUT2D eigenvalue weighted by Gasteiger charge is 2.26. The second kappa shape index (κ2) is 26.7. The number of rotatable bonds is 0. The lowest BCUT2D eigenvalue weighted by molar-refractivity contribution is 0.311. The van der Waals surface area contributed by atoms with Crippen LogP contribution in [-0.4, -0.2) is 112 Å². The van der Waals surface area contributed by atoms with E-state index in [1.807, 2.05) is 92.6 Å². The molecule has 0 aliphatic carbocycles. The van der Waals surface area contributed by atoms with Crippen molar-refractivity contribution >= 4 is 43.6 Å². The molecule has 12 nitrogen and oxygen atoms in total. The van der Waals surface area contributed by atoms with E-state index in [-0.39, 0.29) is 17.5 Å². The third-order valence-electron chi connectivity index (χ3n) is 17.0. The summed E-state index contributed by atoms with van der Waals surface area (Å²) in [4.78, 5) is 25.5. The van der Waals surface area contributed by atoms with Crippen molar-refractivity contribution in [2.24, 2.45) is 0 Å². The van der Waals surface area contributed by atoms with Crippen molar-refractivity contribution in [1.29, 1.82) is 0 Å². The molecular formula is C76H65F3N12. The number of hydrogen-bond acceptors (Lipinski definition) is 8. The predicted octanol–water partition coefficient (Wildman–Crippen LogP) is 11.9. The Morgan fingerprint density at radius 3 is 1.21 bits per heavy atom. The molecule has 0 fully saturated rings. The lowest BCUT2D eigenvalue weighted by atomic mass is 10.1. The van der Waals surface area contributed by atoms with Crippen LogP contribution in [0.25, 0.3) is 43.6 Å². The zero-order valence-corrected chi connectivity index (χ0v) is 51.2. The average molecular weight is 1200 g/mol. The van der Waals surface area contributed by atoms with Crippen molar-refractivity contribution in [2.45, 2.75) is 51.9 Å². The number of nitrogens with zero attached hydrogens (tertiary/aromatic N) is 12. The topological polar surface area (TPSA) is 84.2 Å². The van der Waals surface area contributed by atoms with Crippen LogP contribution in [0.2, 0.25) is 0 Å². The van der Waals surface area contributed by atoms with Gasteiger partial charge in [0.25, 0.3) is 0 Å². The van der Waals surface area contributed by atoms with Gasteiger partial charge in [-0.2, -0.15) is 0 Å². The van der Waals surface area contributed by atoms with Crippen LogP contribution in [0.3, 0.4) is 0 Å². The maximum atomic E-state index is 13.7. The van der Waals surface area contributed by atoms with E-state index in [1.54, 1.807) is 49.2 Å². The molecule has 4 aliphatic heterocycles. The fourth-order valence-electron chi connectivity index (χ4n) is 12.6. The largest absolute Gasteiger partial charge is 0.302 e. The highest BCUT2D eigenvalue weighted by atomic mass is 19.1. The van der Waals surface area contributed by atoms with E-state index >= 15 is 0 Å². The average Bonchev–Trinajstić information content (AvgIpc) is 1.69. The van der Waals surface area contributed by atoms with Gasteiger partial charge in [-0.25, -0.2) is 28.1 Å². The van der Waals surface area contributed by atoms with E-state index in [4.69, 9.17) is 0 Å². The summed E-state index contributed by atoms with van der Waals surface area (Å²) in [6.07, 6.45) is 14.0. The number of hydrogen-bond donors (Lipinski definition) is 0. The molecule has 16 rings (SSSR count). The second-order valence-electron chi connectivity index (χ2n) is 23.4. The number of pyridine rings is 2. The first-order valence-corrected chi connectivity index (χ1v) is 30.5. The minimum Gasteiger partial charge on any atom is -0.302 e. The maximum absolute atomic E-state index is 13.7. The lowest BCUT2D eigenvalue weighted by Gasteiger charge is -2.23. The van der Waals surface area contributed by atoms with Crippen LogP contribution in [0, 0.1) is 65.3 Å². The number of halogens is 3. The number of benzene rings is 5. The lowest BCUT2D eigenvalue weighted by Crippen LogP contribution is -2.27.